The Morgan fingerprint density at radius 3 is 2.11 bits per heavy atom. The second-order valence-electron chi connectivity index (χ2n) is 8.23. The van der Waals surface area contributed by atoms with Crippen molar-refractivity contribution >= 4 is 86.9 Å². The molecule has 0 aliphatic heterocycles. The van der Waals surface area contributed by atoms with Crippen molar-refractivity contribution in [2.45, 2.75) is 10.3 Å². The lowest BCUT2D eigenvalue weighted by atomic mass is 10.1. The highest BCUT2D eigenvalue weighted by Crippen LogP contribution is 2.65. The Hall–Kier alpha value is -2.43. The van der Waals surface area contributed by atoms with E-state index in [1.165, 1.54) is 19.2 Å². The maximum absolute atomic E-state index is 14.5. The molecule has 0 aromatic heterocycles. The van der Waals surface area contributed by atoms with E-state index in [4.69, 9.17) is 58.0 Å². The van der Waals surface area contributed by atoms with Gasteiger partial charge in [-0.05, 0) is 35.9 Å². The molecular formula is C24H14Cl5F4N3O2. The van der Waals surface area contributed by atoms with Crippen molar-refractivity contribution in [1.29, 1.82) is 0 Å². The summed E-state index contributed by atoms with van der Waals surface area (Å²) in [5.74, 6) is -9.44. The van der Waals surface area contributed by atoms with Crippen LogP contribution in [0.2, 0.25) is 15.1 Å². The van der Waals surface area contributed by atoms with Crippen molar-refractivity contribution in [2.24, 2.45) is 5.92 Å². The third kappa shape index (κ3) is 5.22. The number of carbonyl (C=O) groups excluding carboxylic acids is 2. The van der Waals surface area contributed by atoms with Crippen LogP contribution in [0.4, 0.5) is 34.6 Å². The molecule has 1 fully saturated rings. The fourth-order valence-corrected chi connectivity index (χ4v) is 5.35. The van der Waals surface area contributed by atoms with Crippen LogP contribution in [-0.4, -0.2) is 23.2 Å². The van der Waals surface area contributed by atoms with Gasteiger partial charge in [-0.2, -0.15) is 0 Å². The Kier molecular flexibility index (Phi) is 7.99. The highest BCUT2D eigenvalue weighted by atomic mass is 35.5. The van der Waals surface area contributed by atoms with E-state index in [2.05, 4.69) is 10.6 Å². The maximum atomic E-state index is 14.5. The predicted molar refractivity (Wildman–Crippen MR) is 141 cm³/mol. The Balaban J connectivity index is 1.58. The SMILES string of the molecule is CNc1ccc(F)c(NC(=O)c2cc(NC(=O)C3[C@H](c4cc(Cl)c(Cl)c(Cl)c4)C3(Cl)Cl)cc(F)c2F)c1F. The lowest BCUT2D eigenvalue weighted by Gasteiger charge is -2.13. The van der Waals surface area contributed by atoms with Crippen LogP contribution in [0.1, 0.15) is 21.8 Å². The van der Waals surface area contributed by atoms with Gasteiger partial charge in [0.2, 0.25) is 5.91 Å². The highest BCUT2D eigenvalue weighted by Gasteiger charge is 2.67. The first-order valence-electron chi connectivity index (χ1n) is 10.6. The molecule has 2 atom stereocenters. The molecule has 0 radical (unpaired) electrons. The van der Waals surface area contributed by atoms with Crippen molar-refractivity contribution in [3.05, 3.63) is 85.9 Å². The van der Waals surface area contributed by atoms with E-state index < -0.39 is 62.5 Å². The molecular weight excluding hydrogens is 616 g/mol. The van der Waals surface area contributed by atoms with Gasteiger partial charge < -0.3 is 16.0 Å². The number of rotatable bonds is 6. The number of benzene rings is 3. The standard InChI is InChI=1S/C24H14Cl5F4N3O2/c1-34-15-3-2-13(30)21(20(15)33)36-22(37)10-6-9(7-14(31)19(10)32)35-23(38)17-16(24(17,28)29)8-4-11(25)18(27)12(26)5-8/h2-7,16-17,34H,1H3,(H,35,38)(H,36,37)/t16-,17?/m0/s1. The van der Waals surface area contributed by atoms with E-state index in [1.54, 1.807) is 0 Å². The number of halogens is 9. The highest BCUT2D eigenvalue weighted by molar-refractivity contribution is 6.54. The van der Waals surface area contributed by atoms with Crippen LogP contribution in [0, 0.1) is 29.2 Å². The first kappa shape index (κ1) is 28.6. The molecule has 1 saturated carbocycles. The number of carbonyl (C=O) groups is 2. The second kappa shape index (κ2) is 10.6. The van der Waals surface area contributed by atoms with Crippen molar-refractivity contribution in [3.63, 3.8) is 0 Å². The van der Waals surface area contributed by atoms with E-state index in [1.807, 2.05) is 5.32 Å². The molecule has 0 saturated heterocycles. The largest absolute Gasteiger partial charge is 0.386 e. The monoisotopic (exact) mass is 627 g/mol. The van der Waals surface area contributed by atoms with E-state index in [9.17, 15) is 27.2 Å². The van der Waals surface area contributed by atoms with Crippen molar-refractivity contribution < 1.29 is 27.2 Å². The number of nitrogens with one attached hydrogen (secondary N) is 3. The molecule has 2 amide bonds. The van der Waals surface area contributed by atoms with Crippen molar-refractivity contribution in [2.75, 3.05) is 23.0 Å². The summed E-state index contributed by atoms with van der Waals surface area (Å²) >= 11 is 30.7. The number of anilines is 3. The summed E-state index contributed by atoms with van der Waals surface area (Å²) in [5, 5.41) is 6.97. The quantitative estimate of drug-likeness (QED) is 0.147. The summed E-state index contributed by atoms with van der Waals surface area (Å²) < 4.78 is 55.8. The van der Waals surface area contributed by atoms with E-state index in [0.29, 0.717) is 11.6 Å². The van der Waals surface area contributed by atoms with Gasteiger partial charge in [-0.25, -0.2) is 17.6 Å². The lowest BCUT2D eigenvalue weighted by molar-refractivity contribution is -0.117. The van der Waals surface area contributed by atoms with Gasteiger partial charge in [0.05, 0.1) is 32.2 Å². The molecule has 4 rings (SSSR count). The molecule has 0 bridgehead atoms. The summed E-state index contributed by atoms with van der Waals surface area (Å²) in [4.78, 5) is 25.6. The summed E-state index contributed by atoms with van der Waals surface area (Å²) in [6.45, 7) is 0. The van der Waals surface area contributed by atoms with Crippen LogP contribution < -0.4 is 16.0 Å². The topological polar surface area (TPSA) is 70.2 Å². The zero-order valence-corrected chi connectivity index (χ0v) is 22.6. The summed E-state index contributed by atoms with van der Waals surface area (Å²) in [6.07, 6.45) is 0. The first-order chi connectivity index (χ1) is 17.8. The molecule has 3 aromatic rings. The molecule has 5 nitrogen and oxygen atoms in total. The molecule has 1 unspecified atom stereocenters. The minimum absolute atomic E-state index is 0.0959. The van der Waals surface area contributed by atoms with Crippen LogP contribution in [-0.2, 0) is 4.79 Å². The van der Waals surface area contributed by atoms with Crippen LogP contribution >= 0.6 is 58.0 Å². The van der Waals surface area contributed by atoms with Crippen LogP contribution in [0.3, 0.4) is 0 Å². The Morgan fingerprint density at radius 1 is 0.868 bits per heavy atom. The van der Waals surface area contributed by atoms with Gasteiger partial charge in [-0.3, -0.25) is 9.59 Å². The molecule has 200 valence electrons. The molecule has 1 aliphatic carbocycles. The first-order valence-corrected chi connectivity index (χ1v) is 12.5. The van der Waals surface area contributed by atoms with Gasteiger partial charge >= 0.3 is 0 Å². The number of alkyl halides is 2. The number of hydrogen-bond acceptors (Lipinski definition) is 3. The Morgan fingerprint density at radius 2 is 1.50 bits per heavy atom. The number of amides is 2. The maximum Gasteiger partial charge on any atom is 0.258 e. The van der Waals surface area contributed by atoms with Gasteiger partial charge in [0.1, 0.15) is 15.8 Å². The van der Waals surface area contributed by atoms with Gasteiger partial charge in [0, 0.05) is 24.7 Å². The van der Waals surface area contributed by atoms with Gasteiger partial charge in [-0.15, -0.1) is 23.2 Å². The summed E-state index contributed by atoms with van der Waals surface area (Å²) in [5.41, 5.74) is -1.90. The van der Waals surface area contributed by atoms with E-state index in [-0.39, 0.29) is 26.4 Å². The molecule has 0 spiro atoms. The molecule has 1 aliphatic rings. The molecule has 14 heteroatoms. The Labute approximate surface area is 238 Å². The van der Waals surface area contributed by atoms with Crippen molar-refractivity contribution in [1.82, 2.24) is 0 Å². The summed E-state index contributed by atoms with van der Waals surface area (Å²) in [7, 11) is 1.36. The average Bonchev–Trinajstić information content (AvgIpc) is 3.43. The summed E-state index contributed by atoms with van der Waals surface area (Å²) in [6, 6.07) is 6.24. The second-order valence-corrected chi connectivity index (χ2v) is 10.9. The van der Waals surface area contributed by atoms with Gasteiger partial charge in [0.15, 0.2) is 17.5 Å². The average molecular weight is 630 g/mol. The van der Waals surface area contributed by atoms with Crippen LogP contribution in [0.15, 0.2) is 36.4 Å². The fraction of sp³-hybridized carbons (Fsp3) is 0.167. The zero-order chi connectivity index (χ0) is 28.1. The zero-order valence-electron chi connectivity index (χ0n) is 18.8. The van der Waals surface area contributed by atoms with E-state index >= 15 is 0 Å². The van der Waals surface area contributed by atoms with Gasteiger partial charge in [-0.1, -0.05) is 34.8 Å². The van der Waals surface area contributed by atoms with Crippen molar-refractivity contribution in [3.8, 4) is 0 Å². The van der Waals surface area contributed by atoms with Crippen LogP contribution in [0.5, 0.6) is 0 Å². The third-order valence-electron chi connectivity index (χ3n) is 5.84. The molecule has 0 heterocycles. The van der Waals surface area contributed by atoms with Gasteiger partial charge in [0.25, 0.3) is 5.91 Å². The molecule has 38 heavy (non-hydrogen) atoms. The lowest BCUT2D eigenvalue weighted by Crippen LogP contribution is -2.20. The molecule has 3 N–H and O–H groups in total. The third-order valence-corrected chi connectivity index (χ3v) is 7.98. The fourth-order valence-electron chi connectivity index (χ4n) is 3.91. The van der Waals surface area contributed by atoms with E-state index in [0.717, 1.165) is 18.2 Å². The Bertz CT molecular complexity index is 1460. The predicted octanol–water partition coefficient (Wildman–Crippen LogP) is 8.02. The molecule has 3 aromatic carbocycles. The normalized spacial score (nSPS) is 17.6. The minimum Gasteiger partial charge on any atom is -0.386 e. The number of hydrogen-bond donors (Lipinski definition) is 3. The van der Waals surface area contributed by atoms with Crippen LogP contribution in [0.25, 0.3) is 0 Å². The smallest absolute Gasteiger partial charge is 0.258 e. The minimum atomic E-state index is -1.61.